The van der Waals surface area contributed by atoms with Crippen LogP contribution in [-0.4, -0.2) is 67.0 Å². The number of benzene rings is 7. The molecule has 0 heterocycles. The quantitative estimate of drug-likeness (QED) is 0.0184. The van der Waals surface area contributed by atoms with Gasteiger partial charge in [-0.15, -0.1) is 33.8 Å². The van der Waals surface area contributed by atoms with E-state index in [9.17, 15) is 72.2 Å². The molecule has 26 nitrogen and oxygen atoms in total. The van der Waals surface area contributed by atoms with Crippen molar-refractivity contribution in [1.82, 2.24) is 0 Å². The Hall–Kier alpha value is -4.52. The average molecular weight is 1040 g/mol. The van der Waals surface area contributed by atoms with Gasteiger partial charge in [-0.1, -0.05) is 5.39 Å². The van der Waals surface area contributed by atoms with E-state index in [0.29, 0.717) is 12.1 Å². The monoisotopic (exact) mass is 1040 g/mol. The van der Waals surface area contributed by atoms with Gasteiger partial charge in [0.2, 0.25) is 0 Å². The van der Waals surface area contributed by atoms with E-state index in [1.165, 1.54) is 42.5 Å². The third-order valence-corrected chi connectivity index (χ3v) is 12.6. The van der Waals surface area contributed by atoms with Crippen molar-refractivity contribution in [3.05, 3.63) is 119 Å². The molecule has 0 bridgehead atoms. The number of phenolic OH excluding ortho intramolecular Hbond substituents is 2. The molecule has 0 aromatic heterocycles. The summed E-state index contributed by atoms with van der Waals surface area (Å²) in [5.74, 6) is -1.80. The van der Waals surface area contributed by atoms with E-state index < -0.39 is 121 Å². The first-order valence-electron chi connectivity index (χ1n) is 18.0. The molecule has 0 saturated carbocycles. The fraction of sp³-hybridized carbons (Fsp3) is 0. The van der Waals surface area contributed by atoms with Gasteiger partial charge in [-0.3, -0.25) is 10.1 Å². The van der Waals surface area contributed by atoms with Gasteiger partial charge >= 0.3 is 113 Å². The number of non-ortho nitro benzene ring substituents is 1. The first-order chi connectivity index (χ1) is 31.8. The molecule has 7 rings (SSSR count). The number of anilines is 1. The summed E-state index contributed by atoms with van der Waals surface area (Å²) in [5, 5.41) is 62.7. The van der Waals surface area contributed by atoms with Crippen molar-refractivity contribution in [2.24, 2.45) is 40.9 Å². The van der Waals surface area contributed by atoms with Crippen molar-refractivity contribution < 1.29 is 180 Å². The predicted molar refractivity (Wildman–Crippen MR) is 228 cm³/mol. The van der Waals surface area contributed by atoms with Gasteiger partial charge in [-0.2, -0.15) is 43.8 Å². The van der Waals surface area contributed by atoms with Crippen LogP contribution >= 0.6 is 0 Å². The van der Waals surface area contributed by atoms with Crippen molar-refractivity contribution in [3.63, 3.8) is 0 Å². The molecule has 74 heavy (non-hydrogen) atoms. The Morgan fingerprint density at radius 1 is 0.500 bits per heavy atom. The Balaban J connectivity index is 0.00000456. The summed E-state index contributed by atoms with van der Waals surface area (Å²) < 4.78 is 143. The summed E-state index contributed by atoms with van der Waals surface area (Å²) in [7, 11) is -20.8. The maximum absolute atomic E-state index is 12.4. The molecule has 0 radical (unpaired) electrons. The maximum atomic E-state index is 12.4. The Labute approximate surface area is 491 Å². The fourth-order valence-electron chi connectivity index (χ4n) is 6.00. The third-order valence-electron chi connectivity index (χ3n) is 9.13. The number of phenols is 2. The van der Waals surface area contributed by atoms with Gasteiger partial charge in [0.25, 0.3) is 5.69 Å². The standard InChI is InChI=1S/C38H24N10O16S4.6Li/c39-35-30(18-31(66(56,57)58)27-12-14-29(38(50)34(27)35)45-44-28-13-8-24(48(51)52)17-32(28)67(59,60)61)46-43-23-7-11-26-19(15-23)16-33(68(62,63)64)36(37(26)49)47-42-21-3-1-20(2-4-21)40-41-22-5-9-25(10-6-22)65(53,54)55;;;;;;/h1-3,5-13,15-18,49-50H,39H2,(H,53,54,55)(H,56,57,58)(H,59,60,61)(H,62,63,64);;;;;;/q-2;6*+1/p-4. The molecule has 4 N–H and O–H groups in total. The van der Waals surface area contributed by atoms with Gasteiger partial charge in [-0.05, 0) is 77.4 Å². The first-order valence-corrected chi connectivity index (χ1v) is 23.6. The topological polar surface area (TPSA) is 437 Å². The number of azo groups is 4. The van der Waals surface area contributed by atoms with Crippen molar-refractivity contribution in [1.29, 1.82) is 0 Å². The number of fused-ring (bicyclic) bond motifs is 2. The number of nitrogen functional groups attached to an aromatic ring is 1. The van der Waals surface area contributed by atoms with Gasteiger partial charge in [0.05, 0.1) is 31.0 Å². The van der Waals surface area contributed by atoms with Crippen molar-refractivity contribution in [2.75, 3.05) is 5.73 Å². The van der Waals surface area contributed by atoms with Gasteiger partial charge < -0.3 is 34.2 Å². The summed E-state index contributed by atoms with van der Waals surface area (Å²) in [6.07, 6.45) is 0. The predicted octanol–water partition coefficient (Wildman–Crippen LogP) is -10.2. The molecular formula is C38H20Li6N10O16S4. The maximum Gasteiger partial charge on any atom is 1.00 e. The Morgan fingerprint density at radius 3 is 1.64 bits per heavy atom. The average Bonchev–Trinajstić information content (AvgIpc) is 3.26. The number of nitro groups is 1. The van der Waals surface area contributed by atoms with Gasteiger partial charge in [0, 0.05) is 39.5 Å². The van der Waals surface area contributed by atoms with Crippen LogP contribution in [0.25, 0.3) is 21.5 Å². The molecule has 36 heteroatoms. The first kappa shape index (κ1) is 67.5. The van der Waals surface area contributed by atoms with Crippen LogP contribution < -0.4 is 119 Å². The molecule has 348 valence electrons. The van der Waals surface area contributed by atoms with Crippen LogP contribution in [0.1, 0.15) is 0 Å². The van der Waals surface area contributed by atoms with Gasteiger partial charge in [0.1, 0.15) is 57.5 Å². The van der Waals surface area contributed by atoms with Crippen LogP contribution in [0, 0.1) is 22.2 Å². The minimum absolute atomic E-state index is 0. The smallest absolute Gasteiger partial charge is 0.745 e. The van der Waals surface area contributed by atoms with Gasteiger partial charge in [0.15, 0.2) is 5.75 Å². The molecule has 0 unspecified atom stereocenters. The van der Waals surface area contributed by atoms with E-state index in [-0.39, 0.29) is 147 Å². The fourth-order valence-corrected chi connectivity index (χ4v) is 8.43. The molecule has 0 aliphatic heterocycles. The largest absolute Gasteiger partial charge is 1.00 e. The van der Waals surface area contributed by atoms with Crippen molar-refractivity contribution in [2.45, 2.75) is 19.6 Å². The van der Waals surface area contributed by atoms with Crippen LogP contribution in [0.5, 0.6) is 11.5 Å². The number of rotatable bonds is 13. The Bertz CT molecular complexity index is 3880. The summed E-state index contributed by atoms with van der Waals surface area (Å²) in [4.78, 5) is 6.54. The second-order valence-electron chi connectivity index (χ2n) is 13.5. The molecule has 0 saturated heterocycles. The molecule has 0 aliphatic carbocycles. The Kier molecular flexibility index (Phi) is 24.2. The molecule has 0 aliphatic rings. The SMILES string of the molecule is Nc1c(N=Nc2ccc3c(O)c(N=Nc4[c-]cc(N=Nc5ccc(S(=O)(=O)[O-])cc5)cc4)c(S(=O)(=O)[O-])cc3c2)cc(S(=O)(=O)[O-])c2c[c-]c(N=Nc3ccc([N+](=O)[O-])cc3S(=O)(=O)[O-])c(O)c12.[Li+].[Li+].[Li+].[Li+].[Li+].[Li+]. The molecule has 7 aromatic carbocycles. The van der Waals surface area contributed by atoms with Crippen molar-refractivity contribution >= 4 is 119 Å². The molecule has 0 fully saturated rings. The summed E-state index contributed by atoms with van der Waals surface area (Å²) in [5.41, 5.74) is 2.57. The zero-order valence-corrected chi connectivity index (χ0v) is 42.3. The number of aromatic hydroxyl groups is 2. The van der Waals surface area contributed by atoms with E-state index in [4.69, 9.17) is 5.73 Å². The molecule has 7 aromatic rings. The zero-order chi connectivity index (χ0) is 49.5. The zero-order valence-electron chi connectivity index (χ0n) is 39.1. The number of nitrogens with two attached hydrogens (primary N) is 1. The van der Waals surface area contributed by atoms with E-state index in [1.807, 2.05) is 0 Å². The number of nitro benzene ring substituents is 1. The van der Waals surface area contributed by atoms with Crippen LogP contribution in [0.4, 0.5) is 56.9 Å². The number of hydrogen-bond acceptors (Lipinski definition) is 25. The van der Waals surface area contributed by atoms with E-state index in [0.717, 1.165) is 42.5 Å². The van der Waals surface area contributed by atoms with Gasteiger partial charge in [-0.25, -0.2) is 38.8 Å². The summed E-state index contributed by atoms with van der Waals surface area (Å²) in [6.45, 7) is 0. The van der Waals surface area contributed by atoms with E-state index in [1.54, 1.807) is 0 Å². The third kappa shape index (κ3) is 15.6. The minimum Gasteiger partial charge on any atom is -0.745 e. The van der Waals surface area contributed by atoms with E-state index in [2.05, 4.69) is 53.0 Å². The summed E-state index contributed by atoms with van der Waals surface area (Å²) >= 11 is 0. The molecule has 0 spiro atoms. The minimum atomic E-state index is -5.38. The van der Waals surface area contributed by atoms with Crippen LogP contribution in [-0.2, 0) is 40.5 Å². The molecular weight excluding hydrogens is 1020 g/mol. The number of hydrogen-bond donors (Lipinski definition) is 3. The second kappa shape index (κ2) is 26.5. The Morgan fingerprint density at radius 2 is 1.07 bits per heavy atom. The van der Waals surface area contributed by atoms with E-state index >= 15 is 0 Å². The van der Waals surface area contributed by atoms with Crippen LogP contribution in [0.3, 0.4) is 0 Å². The second-order valence-corrected chi connectivity index (χ2v) is 18.9. The van der Waals surface area contributed by atoms with Crippen LogP contribution in [0.2, 0.25) is 0 Å². The van der Waals surface area contributed by atoms with Crippen molar-refractivity contribution in [3.8, 4) is 11.5 Å². The van der Waals surface area contributed by atoms with Crippen LogP contribution in [0.15, 0.2) is 158 Å². The normalized spacial score (nSPS) is 11.9. The molecule has 0 atom stereocenters. The number of nitrogens with zero attached hydrogens (tertiary/aromatic N) is 9. The summed E-state index contributed by atoms with van der Waals surface area (Å²) in [6, 6.07) is 21.6. The molecule has 0 amide bonds.